The molecule has 0 atom stereocenters. The van der Waals surface area contributed by atoms with E-state index in [0.717, 1.165) is 0 Å². The number of rotatable bonds is 7. The lowest BCUT2D eigenvalue weighted by atomic mass is 10.2. The van der Waals surface area contributed by atoms with Gasteiger partial charge in [-0.1, -0.05) is 50.9 Å². The number of carbonyl (C=O) groups excluding carboxylic acids is 2. The van der Waals surface area contributed by atoms with Crippen LogP contribution in [-0.4, -0.2) is 17.2 Å². The topological polar surface area (TPSA) is 94.5 Å². The minimum atomic E-state index is -0.765. The molecule has 20 heavy (non-hydrogen) atoms. The number of nitroso groups, excluding NO2 is 1. The summed E-state index contributed by atoms with van der Waals surface area (Å²) in [5.74, 6) is -2.55. The van der Waals surface area contributed by atoms with Crippen molar-refractivity contribution in [3.8, 4) is 0 Å². The highest BCUT2D eigenvalue weighted by Gasteiger charge is 2.24. The Hall–Kier alpha value is -1.38. The second-order valence-corrected chi connectivity index (χ2v) is 4.84. The van der Waals surface area contributed by atoms with Gasteiger partial charge in [0.2, 0.25) is 10.3 Å². The Morgan fingerprint density at radius 1 is 1.05 bits per heavy atom. The fraction of sp³-hybridized carbons (Fsp3) is 0.600. The lowest BCUT2D eigenvalue weighted by molar-refractivity contribution is -0.469. The molecule has 0 spiro atoms. The lowest BCUT2D eigenvalue weighted by Crippen LogP contribution is -2.30. The molecule has 0 rings (SSSR count). The zero-order valence-electron chi connectivity index (χ0n) is 11.3. The van der Waals surface area contributed by atoms with Crippen molar-refractivity contribution in [2.24, 2.45) is 17.0 Å². The minimum absolute atomic E-state index is 0.188. The van der Waals surface area contributed by atoms with Crippen LogP contribution in [0.3, 0.4) is 0 Å². The normalized spacial score (nSPS) is 12.0. The molecule has 0 aromatic carbocycles. The molecule has 0 radical (unpaired) electrons. The van der Waals surface area contributed by atoms with Crippen LogP contribution in [0.4, 0.5) is 0 Å². The van der Waals surface area contributed by atoms with Crippen LogP contribution >= 0.6 is 23.2 Å². The fourth-order valence-corrected chi connectivity index (χ4v) is 0.721. The van der Waals surface area contributed by atoms with Crippen molar-refractivity contribution in [1.82, 2.24) is 5.23 Å². The predicted octanol–water partition coefficient (Wildman–Crippen LogP) is 2.82. The first-order valence-electron chi connectivity index (χ1n) is 5.49. The van der Waals surface area contributed by atoms with E-state index in [4.69, 9.17) is 23.2 Å². The van der Waals surface area contributed by atoms with Crippen LogP contribution in [0.1, 0.15) is 27.7 Å². The molecule has 0 bridgehead atoms. The van der Waals surface area contributed by atoms with E-state index < -0.39 is 34.1 Å². The summed E-state index contributed by atoms with van der Waals surface area (Å²) < 4.78 is 0. The molecule has 0 aromatic rings. The van der Waals surface area contributed by atoms with E-state index in [2.05, 4.69) is 19.9 Å². The van der Waals surface area contributed by atoms with Crippen LogP contribution in [0.5, 0.6) is 0 Å². The van der Waals surface area contributed by atoms with Crippen molar-refractivity contribution in [3.05, 3.63) is 15.2 Å². The smallest absolute Gasteiger partial charge is 0.310 e. The van der Waals surface area contributed by atoms with Gasteiger partial charge in [-0.3, -0.25) is 4.89 Å². The van der Waals surface area contributed by atoms with E-state index in [1.807, 2.05) is 0 Å². The molecule has 0 aliphatic heterocycles. The second-order valence-electron chi connectivity index (χ2n) is 4.13. The number of hydrogen-bond donors (Lipinski definition) is 0. The second kappa shape index (κ2) is 8.72. The van der Waals surface area contributed by atoms with Gasteiger partial charge in [-0.15, -0.1) is 4.91 Å². The number of halogens is 2. The zero-order valence-corrected chi connectivity index (χ0v) is 12.8. The van der Waals surface area contributed by atoms with Crippen LogP contribution in [0, 0.1) is 16.7 Å². The SMILES string of the molecule is CC(C)C(=O)OON(OC(=O)C(C)C)/C(Cl)=C(\Cl)N=O. The molecule has 0 heterocycles. The van der Waals surface area contributed by atoms with Gasteiger partial charge in [-0.2, -0.15) is 0 Å². The van der Waals surface area contributed by atoms with E-state index in [-0.39, 0.29) is 5.23 Å². The standard InChI is InChI=1S/C10H14Cl2N2O6/c1-5(2)9(15)18-14(8(12)7(11)13-17)20-19-10(16)6(3)4/h5-6H,1-4H3/b8-7+. The molecular formula is C10H14Cl2N2O6. The summed E-state index contributed by atoms with van der Waals surface area (Å²) in [6, 6.07) is 0. The van der Waals surface area contributed by atoms with Crippen LogP contribution < -0.4 is 0 Å². The molecule has 0 aliphatic carbocycles. The Kier molecular flexibility index (Phi) is 8.12. The molecule has 114 valence electrons. The van der Waals surface area contributed by atoms with Gasteiger partial charge in [0, 0.05) is 0 Å². The van der Waals surface area contributed by atoms with E-state index in [0.29, 0.717) is 0 Å². The summed E-state index contributed by atoms with van der Waals surface area (Å²) in [5.41, 5.74) is 0. The quantitative estimate of drug-likeness (QED) is 0.307. The third kappa shape index (κ3) is 6.18. The van der Waals surface area contributed by atoms with Crippen LogP contribution in [0.25, 0.3) is 0 Å². The van der Waals surface area contributed by atoms with Crippen molar-refractivity contribution in [2.75, 3.05) is 0 Å². The number of nitrogens with zero attached hydrogens (tertiary/aromatic N) is 2. The summed E-state index contributed by atoms with van der Waals surface area (Å²) in [6.07, 6.45) is 0. The molecule has 0 saturated carbocycles. The molecule has 0 aromatic heterocycles. The Balaban J connectivity index is 4.94. The van der Waals surface area contributed by atoms with Crippen molar-refractivity contribution in [3.63, 3.8) is 0 Å². The van der Waals surface area contributed by atoms with Gasteiger partial charge < -0.3 is 4.84 Å². The van der Waals surface area contributed by atoms with Gasteiger partial charge in [0.15, 0.2) is 0 Å². The van der Waals surface area contributed by atoms with Crippen LogP contribution in [0.2, 0.25) is 0 Å². The van der Waals surface area contributed by atoms with E-state index in [9.17, 15) is 14.5 Å². The first-order valence-corrected chi connectivity index (χ1v) is 6.25. The highest BCUT2D eigenvalue weighted by atomic mass is 35.5. The highest BCUT2D eigenvalue weighted by Crippen LogP contribution is 2.21. The maximum atomic E-state index is 11.4. The fourth-order valence-electron chi connectivity index (χ4n) is 0.555. The van der Waals surface area contributed by atoms with Gasteiger partial charge in [-0.05, 0) is 15.4 Å². The van der Waals surface area contributed by atoms with Crippen molar-refractivity contribution in [2.45, 2.75) is 27.7 Å². The molecule has 0 fully saturated rings. The molecule has 8 nitrogen and oxygen atoms in total. The molecule has 0 saturated heterocycles. The number of hydrogen-bond acceptors (Lipinski definition) is 8. The zero-order chi connectivity index (χ0) is 15.9. The minimum Gasteiger partial charge on any atom is -0.310 e. The van der Waals surface area contributed by atoms with E-state index in [1.54, 1.807) is 13.8 Å². The maximum absolute atomic E-state index is 11.4. The van der Waals surface area contributed by atoms with Gasteiger partial charge >= 0.3 is 11.9 Å². The van der Waals surface area contributed by atoms with Gasteiger partial charge in [0.05, 0.1) is 11.8 Å². The maximum Gasteiger partial charge on any atom is 0.347 e. The third-order valence-corrected chi connectivity index (χ3v) is 2.38. The highest BCUT2D eigenvalue weighted by molar-refractivity contribution is 6.38. The summed E-state index contributed by atoms with van der Waals surface area (Å²) in [4.78, 5) is 46.4. The lowest BCUT2D eigenvalue weighted by Gasteiger charge is -2.19. The van der Waals surface area contributed by atoms with Gasteiger partial charge in [-0.25, -0.2) is 9.59 Å². The molecule has 0 amide bonds. The number of hydroxylamine groups is 2. The van der Waals surface area contributed by atoms with Crippen LogP contribution in [-0.2, 0) is 24.3 Å². The van der Waals surface area contributed by atoms with Gasteiger partial charge in [0.1, 0.15) is 0 Å². The molecule has 10 heteroatoms. The average Bonchev–Trinajstić information content (AvgIpc) is 2.40. The van der Waals surface area contributed by atoms with E-state index in [1.165, 1.54) is 13.8 Å². The summed E-state index contributed by atoms with van der Waals surface area (Å²) >= 11 is 11.0. The molecule has 0 unspecified atom stereocenters. The summed E-state index contributed by atoms with van der Waals surface area (Å²) in [5, 5.41) is 1.10. The Morgan fingerprint density at radius 2 is 1.55 bits per heavy atom. The monoisotopic (exact) mass is 328 g/mol. The Morgan fingerprint density at radius 3 is 1.95 bits per heavy atom. The number of carbonyl (C=O) groups is 2. The molecule has 0 N–H and O–H groups in total. The Bertz CT molecular complexity index is 411. The van der Waals surface area contributed by atoms with Crippen molar-refractivity contribution in [1.29, 1.82) is 0 Å². The largest absolute Gasteiger partial charge is 0.347 e. The van der Waals surface area contributed by atoms with Crippen molar-refractivity contribution < 1.29 is 24.3 Å². The first-order chi connectivity index (χ1) is 9.20. The van der Waals surface area contributed by atoms with E-state index >= 15 is 0 Å². The molecule has 0 aliphatic rings. The van der Waals surface area contributed by atoms with Crippen molar-refractivity contribution >= 4 is 35.1 Å². The van der Waals surface area contributed by atoms with Crippen LogP contribution in [0.15, 0.2) is 15.5 Å². The Labute approximate surface area is 125 Å². The first kappa shape index (κ1) is 18.6. The molecular weight excluding hydrogens is 315 g/mol. The average molecular weight is 329 g/mol. The summed E-state index contributed by atoms with van der Waals surface area (Å²) in [6.45, 7) is 6.18. The third-order valence-electron chi connectivity index (χ3n) is 1.71. The summed E-state index contributed by atoms with van der Waals surface area (Å²) in [7, 11) is 0. The predicted molar refractivity (Wildman–Crippen MR) is 69.3 cm³/mol. The van der Waals surface area contributed by atoms with Gasteiger partial charge in [0.25, 0.3) is 0 Å².